The topological polar surface area (TPSA) is 101 Å². The van der Waals surface area contributed by atoms with Gasteiger partial charge in [-0.1, -0.05) is 11.6 Å². The number of imide groups is 1. The quantitative estimate of drug-likeness (QED) is 0.816. The number of carbonyl (C=O) groups is 3. The summed E-state index contributed by atoms with van der Waals surface area (Å²) < 4.78 is 0. The van der Waals surface area contributed by atoms with Gasteiger partial charge in [-0.05, 0) is 36.9 Å². The Balaban J connectivity index is 2.32. The van der Waals surface area contributed by atoms with Crippen LogP contribution in [0.4, 0.5) is 4.79 Å². The number of primary amides is 1. The molecule has 0 atom stereocenters. The zero-order chi connectivity index (χ0) is 14.9. The Morgan fingerprint density at radius 1 is 1.45 bits per heavy atom. The van der Waals surface area contributed by atoms with E-state index in [1.54, 1.807) is 12.1 Å². The van der Waals surface area contributed by atoms with Crippen LogP contribution in [0.2, 0.25) is 0 Å². The van der Waals surface area contributed by atoms with Gasteiger partial charge in [0.05, 0.1) is 4.91 Å². The summed E-state index contributed by atoms with van der Waals surface area (Å²) in [4.78, 5) is 35.4. The minimum atomic E-state index is -0.757. The minimum absolute atomic E-state index is 0.0114. The summed E-state index contributed by atoms with van der Waals surface area (Å²) in [7, 11) is 0. The molecule has 1 aliphatic heterocycles. The molecule has 104 valence electrons. The lowest BCUT2D eigenvalue weighted by Gasteiger charge is -2.08. The molecule has 0 aliphatic carbocycles. The number of nitrogens with two attached hydrogens (primary N) is 1. The van der Waals surface area contributed by atoms with Crippen molar-refractivity contribution in [1.82, 2.24) is 4.90 Å². The molecule has 2 rings (SSSR count). The predicted octanol–water partition coefficient (Wildman–Crippen LogP) is 1.22. The monoisotopic (exact) mass is 292 g/mol. The second-order valence-corrected chi connectivity index (χ2v) is 5.29. The summed E-state index contributed by atoms with van der Waals surface area (Å²) in [6.07, 6.45) is 1.42. The Labute approximate surface area is 119 Å². The highest BCUT2D eigenvalue weighted by molar-refractivity contribution is 8.18. The number of aromatic hydroxyl groups is 1. The van der Waals surface area contributed by atoms with Crippen LogP contribution in [0.25, 0.3) is 6.08 Å². The molecule has 6 nitrogen and oxygen atoms in total. The third-order valence-corrected chi connectivity index (χ3v) is 3.56. The van der Waals surface area contributed by atoms with Crippen molar-refractivity contribution >= 4 is 34.9 Å². The van der Waals surface area contributed by atoms with Crippen molar-refractivity contribution < 1.29 is 19.5 Å². The van der Waals surface area contributed by atoms with E-state index in [2.05, 4.69) is 0 Å². The van der Waals surface area contributed by atoms with Gasteiger partial charge in [-0.25, -0.2) is 0 Å². The molecule has 20 heavy (non-hydrogen) atoms. The number of rotatable bonds is 3. The van der Waals surface area contributed by atoms with Gasteiger partial charge in [-0.3, -0.25) is 19.3 Å². The number of hydrogen-bond donors (Lipinski definition) is 2. The number of nitrogens with zero attached hydrogens (tertiary/aromatic N) is 1. The van der Waals surface area contributed by atoms with Gasteiger partial charge in [0.15, 0.2) is 0 Å². The van der Waals surface area contributed by atoms with E-state index >= 15 is 0 Å². The van der Waals surface area contributed by atoms with Gasteiger partial charge in [-0.2, -0.15) is 0 Å². The minimum Gasteiger partial charge on any atom is -0.507 e. The van der Waals surface area contributed by atoms with Gasteiger partial charge in [0.25, 0.3) is 11.1 Å². The van der Waals surface area contributed by atoms with Crippen molar-refractivity contribution in [2.24, 2.45) is 5.73 Å². The highest BCUT2D eigenvalue weighted by atomic mass is 32.2. The molecule has 0 saturated carbocycles. The Bertz CT molecular complexity index is 639. The van der Waals surface area contributed by atoms with Crippen LogP contribution in [0.15, 0.2) is 23.1 Å². The molecule has 0 spiro atoms. The van der Waals surface area contributed by atoms with Crippen LogP contribution in [0.5, 0.6) is 5.75 Å². The lowest BCUT2D eigenvalue weighted by atomic mass is 10.1. The van der Waals surface area contributed by atoms with Crippen LogP contribution in [0.3, 0.4) is 0 Å². The fourth-order valence-corrected chi connectivity index (χ4v) is 2.55. The lowest BCUT2D eigenvalue weighted by molar-refractivity contribution is -0.127. The molecule has 1 aliphatic rings. The van der Waals surface area contributed by atoms with E-state index in [1.807, 2.05) is 6.92 Å². The lowest BCUT2D eigenvalue weighted by Crippen LogP contribution is -2.36. The smallest absolute Gasteiger partial charge is 0.294 e. The number of thioether (sulfide) groups is 1. The normalized spacial score (nSPS) is 17.1. The Morgan fingerprint density at radius 3 is 2.80 bits per heavy atom. The van der Waals surface area contributed by atoms with Gasteiger partial charge in [0.2, 0.25) is 5.91 Å². The maximum Gasteiger partial charge on any atom is 0.294 e. The largest absolute Gasteiger partial charge is 0.507 e. The van der Waals surface area contributed by atoms with Crippen molar-refractivity contribution in [3.63, 3.8) is 0 Å². The Kier molecular flexibility index (Phi) is 3.80. The van der Waals surface area contributed by atoms with Gasteiger partial charge >= 0.3 is 0 Å². The van der Waals surface area contributed by atoms with E-state index in [4.69, 9.17) is 5.73 Å². The fraction of sp³-hybridized carbons (Fsp3) is 0.154. The molecule has 1 saturated heterocycles. The molecule has 7 heteroatoms. The number of phenolic OH excluding ortho intramolecular Hbond substituents is 1. The summed E-state index contributed by atoms with van der Waals surface area (Å²) in [6, 6.07) is 4.93. The van der Waals surface area contributed by atoms with Crippen LogP contribution < -0.4 is 5.73 Å². The van der Waals surface area contributed by atoms with E-state index in [9.17, 15) is 19.5 Å². The molecule has 1 heterocycles. The van der Waals surface area contributed by atoms with Crippen molar-refractivity contribution in [2.75, 3.05) is 6.54 Å². The van der Waals surface area contributed by atoms with Gasteiger partial charge in [-0.15, -0.1) is 0 Å². The second-order valence-electron chi connectivity index (χ2n) is 4.30. The number of phenols is 1. The number of hydrogen-bond acceptors (Lipinski definition) is 5. The van der Waals surface area contributed by atoms with Crippen molar-refractivity contribution in [2.45, 2.75) is 6.92 Å². The Hall–Kier alpha value is -2.28. The van der Waals surface area contributed by atoms with Crippen molar-refractivity contribution in [1.29, 1.82) is 0 Å². The summed E-state index contributed by atoms with van der Waals surface area (Å²) in [5.41, 5.74) is 6.33. The van der Waals surface area contributed by atoms with Crippen molar-refractivity contribution in [3.8, 4) is 5.75 Å². The van der Waals surface area contributed by atoms with E-state index in [0.717, 1.165) is 10.5 Å². The number of benzene rings is 1. The van der Waals surface area contributed by atoms with E-state index in [0.29, 0.717) is 17.3 Å². The molecular formula is C13H12N2O4S. The number of aryl methyl sites for hydroxylation is 1. The van der Waals surface area contributed by atoms with Gasteiger partial charge in [0.1, 0.15) is 12.3 Å². The van der Waals surface area contributed by atoms with E-state index in [-0.39, 0.29) is 10.7 Å². The molecule has 0 radical (unpaired) electrons. The molecule has 3 amide bonds. The first-order valence-corrected chi connectivity index (χ1v) is 6.53. The first-order valence-electron chi connectivity index (χ1n) is 5.72. The third kappa shape index (κ3) is 2.83. The van der Waals surface area contributed by atoms with Crippen LogP contribution in [0.1, 0.15) is 11.1 Å². The van der Waals surface area contributed by atoms with Crippen LogP contribution >= 0.6 is 11.8 Å². The number of amides is 3. The highest BCUT2D eigenvalue weighted by Gasteiger charge is 2.35. The first-order chi connectivity index (χ1) is 9.38. The fourth-order valence-electron chi connectivity index (χ4n) is 1.72. The van der Waals surface area contributed by atoms with Crippen LogP contribution in [0, 0.1) is 6.92 Å². The maximum atomic E-state index is 12.0. The average Bonchev–Trinajstić information content (AvgIpc) is 2.61. The molecule has 0 bridgehead atoms. The molecule has 1 fully saturated rings. The average molecular weight is 292 g/mol. The third-order valence-electron chi connectivity index (χ3n) is 2.66. The van der Waals surface area contributed by atoms with Crippen LogP contribution in [-0.4, -0.2) is 33.6 Å². The van der Waals surface area contributed by atoms with Gasteiger partial charge in [0, 0.05) is 5.56 Å². The zero-order valence-corrected chi connectivity index (χ0v) is 11.4. The van der Waals surface area contributed by atoms with E-state index in [1.165, 1.54) is 12.1 Å². The molecule has 0 unspecified atom stereocenters. The summed E-state index contributed by atoms with van der Waals surface area (Å²) in [5, 5.41) is 9.17. The maximum absolute atomic E-state index is 12.0. The van der Waals surface area contributed by atoms with Gasteiger partial charge < -0.3 is 10.8 Å². The number of carbonyl (C=O) groups excluding carboxylic acids is 3. The molecular weight excluding hydrogens is 280 g/mol. The van der Waals surface area contributed by atoms with E-state index < -0.39 is 23.6 Å². The van der Waals surface area contributed by atoms with Crippen LogP contribution in [-0.2, 0) is 9.59 Å². The molecule has 0 aromatic heterocycles. The predicted molar refractivity (Wildman–Crippen MR) is 74.7 cm³/mol. The molecule has 1 aromatic rings. The second kappa shape index (κ2) is 5.38. The summed E-state index contributed by atoms with van der Waals surface area (Å²) in [6.45, 7) is 1.40. The first kappa shape index (κ1) is 14.1. The molecule has 1 aromatic carbocycles. The standard InChI is InChI=1S/C13H12N2O4S/c1-7-2-3-9(16)8(4-7)5-10-12(18)15(6-11(14)17)13(19)20-10/h2-5,16H,6H2,1H3,(H2,14,17)/b10-5-. The zero-order valence-electron chi connectivity index (χ0n) is 10.6. The summed E-state index contributed by atoms with van der Waals surface area (Å²) >= 11 is 0.713. The summed E-state index contributed by atoms with van der Waals surface area (Å²) in [5.74, 6) is -1.33. The Morgan fingerprint density at radius 2 is 2.15 bits per heavy atom. The molecule has 3 N–H and O–H groups in total. The SMILES string of the molecule is Cc1ccc(O)c(/C=C2\SC(=O)N(CC(N)=O)C2=O)c1. The van der Waals surface area contributed by atoms with Crippen molar-refractivity contribution in [3.05, 3.63) is 34.2 Å². The highest BCUT2D eigenvalue weighted by Crippen LogP contribution is 2.33.